The predicted octanol–water partition coefficient (Wildman–Crippen LogP) is 4.51. The van der Waals surface area contributed by atoms with Gasteiger partial charge >= 0.3 is 0 Å². The van der Waals surface area contributed by atoms with Crippen molar-refractivity contribution in [3.8, 4) is 16.9 Å². The van der Waals surface area contributed by atoms with E-state index in [0.29, 0.717) is 0 Å². The molecule has 0 saturated carbocycles. The highest BCUT2D eigenvalue weighted by Crippen LogP contribution is 2.34. The lowest BCUT2D eigenvalue weighted by molar-refractivity contribution is 0.243. The largest absolute Gasteiger partial charge is 0.490 e. The zero-order valence-corrected chi connectivity index (χ0v) is 12.9. The van der Waals surface area contributed by atoms with Crippen molar-refractivity contribution in [3.63, 3.8) is 0 Å². The fourth-order valence-electron chi connectivity index (χ4n) is 2.19. The Morgan fingerprint density at radius 2 is 1.85 bits per heavy atom. The van der Waals surface area contributed by atoms with E-state index >= 15 is 0 Å². The lowest BCUT2D eigenvalue weighted by Crippen LogP contribution is -2.08. The van der Waals surface area contributed by atoms with E-state index in [1.165, 1.54) is 5.56 Å². The molecule has 0 radical (unpaired) electrons. The topological polar surface area (TPSA) is 21.3 Å². The molecule has 0 fully saturated rings. The molecule has 0 saturated heterocycles. The third-order valence-corrected chi connectivity index (χ3v) is 3.21. The van der Waals surface area contributed by atoms with Crippen molar-refractivity contribution in [1.82, 2.24) is 5.32 Å². The maximum absolute atomic E-state index is 6.16. The van der Waals surface area contributed by atoms with Crippen molar-refractivity contribution in [2.45, 2.75) is 26.5 Å². The summed E-state index contributed by atoms with van der Waals surface area (Å²) in [5.41, 5.74) is 3.40. The maximum atomic E-state index is 6.16. The van der Waals surface area contributed by atoms with Crippen LogP contribution in [0.15, 0.2) is 42.5 Å². The van der Waals surface area contributed by atoms with Gasteiger partial charge in [-0.3, -0.25) is 0 Å². The molecule has 2 rings (SSSR count). The molecule has 1 N–H and O–H groups in total. The van der Waals surface area contributed by atoms with Gasteiger partial charge < -0.3 is 10.1 Å². The van der Waals surface area contributed by atoms with Crippen molar-refractivity contribution < 1.29 is 4.74 Å². The number of hydrogen-bond donors (Lipinski definition) is 1. The fourth-order valence-corrected chi connectivity index (χ4v) is 2.36. The van der Waals surface area contributed by atoms with Gasteiger partial charge in [0.2, 0.25) is 0 Å². The van der Waals surface area contributed by atoms with E-state index in [1.807, 2.05) is 51.2 Å². The second-order valence-electron chi connectivity index (χ2n) is 4.99. The van der Waals surface area contributed by atoms with E-state index in [4.69, 9.17) is 16.3 Å². The molecule has 20 heavy (non-hydrogen) atoms. The minimum atomic E-state index is 0.142. The Balaban J connectivity index is 2.52. The van der Waals surface area contributed by atoms with Crippen LogP contribution in [0.25, 0.3) is 11.1 Å². The van der Waals surface area contributed by atoms with Gasteiger partial charge in [0, 0.05) is 17.1 Å². The van der Waals surface area contributed by atoms with E-state index in [1.54, 1.807) is 0 Å². The molecule has 0 unspecified atom stereocenters. The summed E-state index contributed by atoms with van der Waals surface area (Å²) >= 11 is 6.16. The molecular weight excluding hydrogens is 270 g/mol. The highest BCUT2D eigenvalue weighted by molar-refractivity contribution is 6.30. The second kappa shape index (κ2) is 6.78. The van der Waals surface area contributed by atoms with E-state index < -0.39 is 0 Å². The number of halogens is 1. The van der Waals surface area contributed by atoms with Crippen LogP contribution in [0, 0.1) is 0 Å². The minimum Gasteiger partial charge on any atom is -0.490 e. The molecule has 2 aromatic rings. The lowest BCUT2D eigenvalue weighted by Gasteiger charge is -2.17. The summed E-state index contributed by atoms with van der Waals surface area (Å²) in [5.74, 6) is 0.891. The van der Waals surface area contributed by atoms with Gasteiger partial charge in [0.25, 0.3) is 0 Å². The van der Waals surface area contributed by atoms with Gasteiger partial charge in [-0.1, -0.05) is 35.9 Å². The average Bonchev–Trinajstić information content (AvgIpc) is 2.41. The first-order valence-electron chi connectivity index (χ1n) is 6.81. The van der Waals surface area contributed by atoms with E-state index in [-0.39, 0.29) is 6.10 Å². The highest BCUT2D eigenvalue weighted by Gasteiger charge is 2.11. The van der Waals surface area contributed by atoms with Crippen LogP contribution in [-0.4, -0.2) is 13.2 Å². The first-order valence-corrected chi connectivity index (χ1v) is 7.18. The molecular formula is C17H20ClNO. The summed E-state index contributed by atoms with van der Waals surface area (Å²) < 4.78 is 5.91. The molecule has 0 aliphatic heterocycles. The van der Waals surface area contributed by atoms with Gasteiger partial charge in [0.05, 0.1) is 6.10 Å². The Bertz CT molecular complexity index is 581. The van der Waals surface area contributed by atoms with Crippen molar-refractivity contribution in [2.24, 2.45) is 0 Å². The van der Waals surface area contributed by atoms with Crippen LogP contribution in [0.4, 0.5) is 0 Å². The van der Waals surface area contributed by atoms with Gasteiger partial charge in [-0.05, 0) is 50.2 Å². The number of benzene rings is 2. The lowest BCUT2D eigenvalue weighted by atomic mass is 9.98. The Labute approximate surface area is 125 Å². The van der Waals surface area contributed by atoms with Gasteiger partial charge in [0.1, 0.15) is 5.75 Å². The summed E-state index contributed by atoms with van der Waals surface area (Å²) in [6.07, 6.45) is 0.142. The normalized spacial score (nSPS) is 10.8. The molecule has 2 aromatic carbocycles. The summed E-state index contributed by atoms with van der Waals surface area (Å²) in [4.78, 5) is 0. The third kappa shape index (κ3) is 3.53. The summed E-state index contributed by atoms with van der Waals surface area (Å²) in [6, 6.07) is 14.1. The molecule has 0 aliphatic carbocycles. The van der Waals surface area contributed by atoms with Crippen molar-refractivity contribution in [2.75, 3.05) is 7.05 Å². The standard InChI is InChI=1S/C17H20ClNO/c1-12(2)20-17-7-5-4-6-15(17)16-10-14(18)9-8-13(16)11-19-3/h4-10,12,19H,11H2,1-3H3. The number of para-hydroxylation sites is 1. The smallest absolute Gasteiger partial charge is 0.127 e. The Morgan fingerprint density at radius 3 is 2.55 bits per heavy atom. The maximum Gasteiger partial charge on any atom is 0.127 e. The minimum absolute atomic E-state index is 0.142. The van der Waals surface area contributed by atoms with Crippen LogP contribution in [0.1, 0.15) is 19.4 Å². The molecule has 0 atom stereocenters. The first-order chi connectivity index (χ1) is 9.61. The van der Waals surface area contributed by atoms with Crippen LogP contribution in [0.2, 0.25) is 5.02 Å². The van der Waals surface area contributed by atoms with E-state index in [9.17, 15) is 0 Å². The van der Waals surface area contributed by atoms with E-state index in [2.05, 4.69) is 17.4 Å². The number of rotatable bonds is 5. The van der Waals surface area contributed by atoms with Gasteiger partial charge in [-0.2, -0.15) is 0 Å². The molecule has 0 heterocycles. The molecule has 0 bridgehead atoms. The molecule has 0 spiro atoms. The second-order valence-corrected chi connectivity index (χ2v) is 5.43. The van der Waals surface area contributed by atoms with Crippen LogP contribution in [0.3, 0.4) is 0 Å². The van der Waals surface area contributed by atoms with Crippen molar-refractivity contribution in [3.05, 3.63) is 53.1 Å². The first kappa shape index (κ1) is 14.9. The quantitative estimate of drug-likeness (QED) is 0.874. The SMILES string of the molecule is CNCc1ccc(Cl)cc1-c1ccccc1OC(C)C. The van der Waals surface area contributed by atoms with Gasteiger partial charge in [0.15, 0.2) is 0 Å². The van der Waals surface area contributed by atoms with Crippen LogP contribution < -0.4 is 10.1 Å². The number of ether oxygens (including phenoxy) is 1. The molecule has 2 nitrogen and oxygen atoms in total. The monoisotopic (exact) mass is 289 g/mol. The summed E-state index contributed by atoms with van der Waals surface area (Å²) in [7, 11) is 1.94. The Kier molecular flexibility index (Phi) is 5.05. The molecule has 106 valence electrons. The number of hydrogen-bond acceptors (Lipinski definition) is 2. The predicted molar refractivity (Wildman–Crippen MR) is 85.4 cm³/mol. The third-order valence-electron chi connectivity index (χ3n) is 2.98. The fraction of sp³-hybridized carbons (Fsp3) is 0.294. The Hall–Kier alpha value is -1.51. The zero-order valence-electron chi connectivity index (χ0n) is 12.1. The van der Waals surface area contributed by atoms with Crippen LogP contribution >= 0.6 is 11.6 Å². The molecule has 3 heteroatoms. The summed E-state index contributed by atoms with van der Waals surface area (Å²) in [5, 5.41) is 3.93. The van der Waals surface area contributed by atoms with Crippen LogP contribution in [-0.2, 0) is 6.54 Å². The van der Waals surface area contributed by atoms with Crippen molar-refractivity contribution in [1.29, 1.82) is 0 Å². The van der Waals surface area contributed by atoms with Gasteiger partial charge in [-0.25, -0.2) is 0 Å². The summed E-state index contributed by atoms with van der Waals surface area (Å²) in [6.45, 7) is 4.86. The molecule has 0 aromatic heterocycles. The average molecular weight is 290 g/mol. The molecule has 0 amide bonds. The Morgan fingerprint density at radius 1 is 1.10 bits per heavy atom. The molecule has 0 aliphatic rings. The number of nitrogens with one attached hydrogen (secondary N) is 1. The van der Waals surface area contributed by atoms with Crippen LogP contribution in [0.5, 0.6) is 5.75 Å². The zero-order chi connectivity index (χ0) is 14.5. The van der Waals surface area contributed by atoms with Crippen molar-refractivity contribution >= 4 is 11.6 Å². The highest BCUT2D eigenvalue weighted by atomic mass is 35.5. The van der Waals surface area contributed by atoms with E-state index in [0.717, 1.165) is 28.4 Å². The van der Waals surface area contributed by atoms with Gasteiger partial charge in [-0.15, -0.1) is 0 Å².